The maximum absolute atomic E-state index is 9.09. The monoisotopic (exact) mass is 761 g/mol. The van der Waals surface area contributed by atoms with Gasteiger partial charge in [-0.25, -0.2) is 0 Å². The third-order valence-electron chi connectivity index (χ3n) is 7.82. The molecule has 0 aromatic carbocycles. The molecule has 0 saturated carbocycles. The molecule has 8 N–H and O–H groups in total. The topological polar surface area (TPSA) is 162 Å². The highest BCUT2D eigenvalue weighted by Crippen LogP contribution is 2.13. The lowest BCUT2D eigenvalue weighted by Crippen LogP contribution is -2.25. The molecule has 0 amide bonds. The molecule has 0 fully saturated rings. The first-order valence-electron chi connectivity index (χ1n) is 20.6. The molecule has 328 valence electrons. The lowest BCUT2D eigenvalue weighted by molar-refractivity contribution is 0.0327. The Morgan fingerprint density at radius 3 is 0.846 bits per heavy atom. The molecule has 8 heteroatoms. The van der Waals surface area contributed by atoms with Gasteiger partial charge in [-0.05, 0) is 113 Å². The van der Waals surface area contributed by atoms with E-state index in [1.165, 1.54) is 0 Å². The average Bonchev–Trinajstić information content (AvgIpc) is 2.99. The van der Waals surface area contributed by atoms with Crippen LogP contribution < -0.4 is 0 Å². The number of aliphatic hydroxyl groups excluding tert-OH is 7. The van der Waals surface area contributed by atoms with E-state index in [-0.39, 0.29) is 18.3 Å². The zero-order valence-corrected chi connectivity index (χ0v) is 39.4. The maximum Gasteiger partial charge on any atom is 0.0614 e. The summed E-state index contributed by atoms with van der Waals surface area (Å²) in [7, 11) is 0. The number of rotatable bonds is 14. The maximum atomic E-state index is 9.09. The second-order valence-electron chi connectivity index (χ2n) is 17.6. The molecule has 0 saturated heterocycles. The second kappa shape index (κ2) is 48.7. The predicted molar refractivity (Wildman–Crippen MR) is 231 cm³/mol. The van der Waals surface area contributed by atoms with Crippen LogP contribution >= 0.6 is 0 Å². The molecule has 0 radical (unpaired) electrons. The van der Waals surface area contributed by atoms with E-state index in [1.807, 2.05) is 90.0 Å². The van der Waals surface area contributed by atoms with Crippen molar-refractivity contribution in [2.75, 3.05) is 26.4 Å². The molecule has 0 aliphatic heterocycles. The minimum absolute atomic E-state index is 0.0972. The van der Waals surface area contributed by atoms with Gasteiger partial charge in [0.25, 0.3) is 0 Å². The molecule has 8 nitrogen and oxygen atoms in total. The largest absolute Gasteiger partial charge is 0.396 e. The first-order chi connectivity index (χ1) is 23.4. The van der Waals surface area contributed by atoms with Gasteiger partial charge < -0.3 is 40.9 Å². The van der Waals surface area contributed by atoms with Crippen molar-refractivity contribution >= 4 is 0 Å². The Bertz CT molecular complexity index is 555. The van der Waals surface area contributed by atoms with Gasteiger partial charge in [-0.2, -0.15) is 0 Å². The summed E-state index contributed by atoms with van der Waals surface area (Å²) >= 11 is 0. The van der Waals surface area contributed by atoms with Crippen molar-refractivity contribution in [3.05, 3.63) is 0 Å². The lowest BCUT2D eigenvalue weighted by Gasteiger charge is -2.21. The molecule has 0 aliphatic rings. The fourth-order valence-electron chi connectivity index (χ4n) is 2.12. The van der Waals surface area contributed by atoms with E-state index in [2.05, 4.69) is 55.4 Å². The molecule has 0 bridgehead atoms. The van der Waals surface area contributed by atoms with Gasteiger partial charge in [0, 0.05) is 26.4 Å². The van der Waals surface area contributed by atoms with E-state index in [9.17, 15) is 0 Å². The van der Waals surface area contributed by atoms with Crippen LogP contribution in [0.5, 0.6) is 0 Å². The average molecular weight is 761 g/mol. The highest BCUT2D eigenvalue weighted by Gasteiger charge is 2.16. The van der Waals surface area contributed by atoms with Crippen molar-refractivity contribution in [2.45, 2.75) is 208 Å². The summed E-state index contributed by atoms with van der Waals surface area (Å²) in [6.45, 7) is 45.5. The fourth-order valence-corrected chi connectivity index (χ4v) is 2.12. The van der Waals surface area contributed by atoms with Crippen LogP contribution in [0.4, 0.5) is 0 Å². The van der Waals surface area contributed by atoms with Gasteiger partial charge in [0.15, 0.2) is 0 Å². The molecule has 4 unspecified atom stereocenters. The number of hydrogen-bond donors (Lipinski definition) is 8. The zero-order valence-electron chi connectivity index (χ0n) is 39.4. The Balaban J connectivity index is -0.0000000711. The van der Waals surface area contributed by atoms with Crippen molar-refractivity contribution in [1.29, 1.82) is 0 Å². The Hall–Kier alpha value is -0.320. The Labute approximate surface area is 328 Å². The second-order valence-corrected chi connectivity index (χ2v) is 17.6. The van der Waals surface area contributed by atoms with Gasteiger partial charge in [0.2, 0.25) is 0 Å². The van der Waals surface area contributed by atoms with Crippen LogP contribution in [0.1, 0.15) is 184 Å². The van der Waals surface area contributed by atoms with Crippen molar-refractivity contribution in [1.82, 2.24) is 0 Å². The van der Waals surface area contributed by atoms with E-state index in [0.29, 0.717) is 73.8 Å². The summed E-state index contributed by atoms with van der Waals surface area (Å²) in [6, 6.07) is 0. The minimum atomic E-state index is -0.500. The van der Waals surface area contributed by atoms with E-state index in [0.717, 1.165) is 38.0 Å². The molecule has 4 atom stereocenters. The molecule has 0 aromatic rings. The Morgan fingerprint density at radius 2 is 0.827 bits per heavy atom. The van der Waals surface area contributed by atoms with E-state index in [1.54, 1.807) is 6.92 Å². The van der Waals surface area contributed by atoms with E-state index < -0.39 is 5.60 Å². The van der Waals surface area contributed by atoms with Crippen LogP contribution in [0.15, 0.2) is 0 Å². The number of aliphatic hydroxyl groups is 8. The molecular formula is C44H104O8. The quantitative estimate of drug-likeness (QED) is 0.0868. The fraction of sp³-hybridized carbons (Fsp3) is 1.00. The van der Waals surface area contributed by atoms with Gasteiger partial charge >= 0.3 is 0 Å². The van der Waals surface area contributed by atoms with Crippen molar-refractivity contribution < 1.29 is 40.9 Å². The summed E-state index contributed by atoms with van der Waals surface area (Å²) < 4.78 is 0. The standard InChI is InChI=1S/5C6H14O.2C5H12O.C4H10O/c1-5(2)6(3,4)7;1-5(2)6(3)4-7;1-5(2)4-6(3)7;1-6(2)4-3-5-7;1-4-6(7)5(2)3;1-5(2)3-4-6;1-4(2)5(3)6;1-4(2)3-5/h5,7H,1-4H3;2*5-7H,4H2,1-3H3;6-7H,3-5H2,1-2H3;5-7H,4H2,1-3H3;5-6H,3-4H2,1-2H3;4-6H,1-3H3;4-5H,3H2,1-2H3. The minimum Gasteiger partial charge on any atom is -0.396 e. The molecule has 0 rings (SSSR count). The lowest BCUT2D eigenvalue weighted by atomic mass is 9.95. The third kappa shape index (κ3) is 97.9. The molecular weight excluding hydrogens is 656 g/mol. The summed E-state index contributed by atoms with van der Waals surface area (Å²) in [5.74, 6) is 4.71. The summed E-state index contributed by atoms with van der Waals surface area (Å²) in [4.78, 5) is 0. The van der Waals surface area contributed by atoms with Crippen molar-refractivity contribution in [3.8, 4) is 0 Å². The van der Waals surface area contributed by atoms with Gasteiger partial charge in [0.1, 0.15) is 0 Å². The molecule has 0 heterocycles. The molecule has 0 aromatic heterocycles. The first kappa shape index (κ1) is 69.6. The highest BCUT2D eigenvalue weighted by molar-refractivity contribution is 4.68. The highest BCUT2D eigenvalue weighted by atomic mass is 16.3. The predicted octanol–water partition coefficient (Wildman–Crippen LogP) is 9.61. The summed E-state index contributed by atoms with van der Waals surface area (Å²) in [5, 5.41) is 68.6. The SMILES string of the molecule is CC(C)C(C)(C)O.CC(C)C(C)CO.CC(C)C(C)O.CC(C)CC(C)O.CC(C)CCCO.CC(C)CCO.CC(C)CO.CCC(O)C(C)C. The summed E-state index contributed by atoms with van der Waals surface area (Å²) in [6.07, 6.45) is 4.45. The smallest absolute Gasteiger partial charge is 0.0614 e. The van der Waals surface area contributed by atoms with Crippen LogP contribution in [-0.2, 0) is 0 Å². The van der Waals surface area contributed by atoms with E-state index >= 15 is 0 Å². The van der Waals surface area contributed by atoms with Crippen molar-refractivity contribution in [2.24, 2.45) is 53.3 Å². The normalized spacial score (nSPS) is 13.0. The zero-order chi connectivity index (χ0) is 43.8. The van der Waals surface area contributed by atoms with E-state index in [4.69, 9.17) is 40.9 Å². The van der Waals surface area contributed by atoms with Crippen LogP contribution in [0, 0.1) is 53.3 Å². The first-order valence-corrected chi connectivity index (χ1v) is 20.6. The van der Waals surface area contributed by atoms with Crippen LogP contribution in [-0.4, -0.2) is 91.2 Å². The third-order valence-corrected chi connectivity index (χ3v) is 7.82. The Morgan fingerprint density at radius 1 is 0.481 bits per heavy atom. The van der Waals surface area contributed by atoms with Crippen LogP contribution in [0.25, 0.3) is 0 Å². The van der Waals surface area contributed by atoms with Gasteiger partial charge in [-0.1, -0.05) is 125 Å². The van der Waals surface area contributed by atoms with Crippen LogP contribution in [0.3, 0.4) is 0 Å². The summed E-state index contributed by atoms with van der Waals surface area (Å²) in [5.41, 5.74) is -0.500. The molecule has 0 spiro atoms. The molecule has 52 heavy (non-hydrogen) atoms. The van der Waals surface area contributed by atoms with Gasteiger partial charge in [-0.3, -0.25) is 0 Å². The number of hydrogen-bond acceptors (Lipinski definition) is 8. The Kier molecular flexibility index (Phi) is 65.2. The van der Waals surface area contributed by atoms with Gasteiger partial charge in [-0.15, -0.1) is 0 Å². The van der Waals surface area contributed by atoms with Gasteiger partial charge in [0.05, 0.1) is 23.9 Å². The van der Waals surface area contributed by atoms with Crippen molar-refractivity contribution in [3.63, 3.8) is 0 Å². The molecule has 0 aliphatic carbocycles. The van der Waals surface area contributed by atoms with Crippen LogP contribution in [0.2, 0.25) is 0 Å².